The zero-order valence-electron chi connectivity index (χ0n) is 11.6. The summed E-state index contributed by atoms with van der Waals surface area (Å²) in [7, 11) is 1.32. The fourth-order valence-electron chi connectivity index (χ4n) is 1.74. The number of nitrogens with one attached hydrogen (secondary N) is 1. The smallest absolute Gasteiger partial charge is 0.328 e. The van der Waals surface area contributed by atoms with Gasteiger partial charge in [-0.25, -0.2) is 4.79 Å². The van der Waals surface area contributed by atoms with Gasteiger partial charge in [0, 0.05) is 8.95 Å². The molecule has 0 aliphatic rings. The Kier molecular flexibility index (Phi) is 6.68. The first-order valence-corrected chi connectivity index (χ1v) is 7.77. The van der Waals surface area contributed by atoms with Crippen LogP contribution < -0.4 is 5.32 Å². The summed E-state index contributed by atoms with van der Waals surface area (Å²) in [5.74, 6) is -0.464. The van der Waals surface area contributed by atoms with Gasteiger partial charge in [-0.2, -0.15) is 0 Å². The SMILES string of the molecule is COC(=O)C(CC(C)C)NC(=O)c1ccc(Br)cc1Br. The maximum Gasteiger partial charge on any atom is 0.328 e. The molecule has 1 rings (SSSR count). The number of hydrogen-bond acceptors (Lipinski definition) is 3. The number of carbonyl (C=O) groups is 2. The Morgan fingerprint density at radius 2 is 1.95 bits per heavy atom. The van der Waals surface area contributed by atoms with Crippen LogP contribution in [0.3, 0.4) is 0 Å². The van der Waals surface area contributed by atoms with Crippen LogP contribution in [0.2, 0.25) is 0 Å². The van der Waals surface area contributed by atoms with E-state index in [1.54, 1.807) is 18.2 Å². The summed E-state index contributed by atoms with van der Waals surface area (Å²) >= 11 is 6.66. The third kappa shape index (κ3) is 4.90. The topological polar surface area (TPSA) is 55.4 Å². The summed E-state index contributed by atoms with van der Waals surface area (Å²) < 4.78 is 6.26. The van der Waals surface area contributed by atoms with E-state index in [4.69, 9.17) is 4.74 Å². The molecule has 0 aromatic heterocycles. The first-order valence-electron chi connectivity index (χ1n) is 6.19. The lowest BCUT2D eigenvalue weighted by Crippen LogP contribution is -2.42. The quantitative estimate of drug-likeness (QED) is 0.761. The highest BCUT2D eigenvalue weighted by atomic mass is 79.9. The molecule has 1 aromatic rings. The monoisotopic (exact) mass is 405 g/mol. The van der Waals surface area contributed by atoms with Crippen molar-refractivity contribution in [2.75, 3.05) is 7.11 Å². The number of ether oxygens (including phenoxy) is 1. The number of halogens is 2. The first kappa shape index (κ1) is 17.2. The molecule has 1 unspecified atom stereocenters. The number of amides is 1. The van der Waals surface area contributed by atoms with E-state index in [1.165, 1.54) is 7.11 Å². The third-order valence-electron chi connectivity index (χ3n) is 2.67. The Hall–Kier alpha value is -0.880. The lowest BCUT2D eigenvalue weighted by molar-refractivity contribution is -0.143. The predicted molar refractivity (Wildman–Crippen MR) is 84.6 cm³/mol. The van der Waals surface area contributed by atoms with E-state index in [0.717, 1.165) is 4.47 Å². The van der Waals surface area contributed by atoms with Gasteiger partial charge in [0.15, 0.2) is 0 Å². The molecule has 110 valence electrons. The Labute approximate surface area is 135 Å². The van der Waals surface area contributed by atoms with Crippen LogP contribution >= 0.6 is 31.9 Å². The molecule has 1 amide bonds. The largest absolute Gasteiger partial charge is 0.467 e. The zero-order chi connectivity index (χ0) is 15.3. The molecule has 0 spiro atoms. The van der Waals surface area contributed by atoms with E-state index in [2.05, 4.69) is 37.2 Å². The van der Waals surface area contributed by atoms with Gasteiger partial charge in [-0.1, -0.05) is 29.8 Å². The van der Waals surface area contributed by atoms with Gasteiger partial charge >= 0.3 is 5.97 Å². The Morgan fingerprint density at radius 3 is 2.45 bits per heavy atom. The number of methoxy groups -OCH3 is 1. The Balaban J connectivity index is 2.87. The van der Waals surface area contributed by atoms with Crippen molar-refractivity contribution in [3.05, 3.63) is 32.7 Å². The highest BCUT2D eigenvalue weighted by molar-refractivity contribution is 9.11. The molecule has 4 nitrogen and oxygen atoms in total. The molecule has 0 radical (unpaired) electrons. The molecule has 0 aliphatic carbocycles. The second-order valence-electron chi connectivity index (χ2n) is 4.80. The van der Waals surface area contributed by atoms with E-state index in [1.807, 2.05) is 13.8 Å². The summed E-state index contributed by atoms with van der Waals surface area (Å²) in [5.41, 5.74) is 0.478. The predicted octanol–water partition coefficient (Wildman–Crippen LogP) is 3.53. The summed E-state index contributed by atoms with van der Waals surface area (Å²) in [4.78, 5) is 23.9. The number of hydrogen-bond donors (Lipinski definition) is 1. The van der Waals surface area contributed by atoms with Gasteiger partial charge < -0.3 is 10.1 Å². The van der Waals surface area contributed by atoms with E-state index >= 15 is 0 Å². The van der Waals surface area contributed by atoms with Gasteiger partial charge in [0.25, 0.3) is 5.91 Å². The maximum atomic E-state index is 12.2. The minimum absolute atomic E-state index is 0.271. The molecular formula is C14H17Br2NO3. The minimum Gasteiger partial charge on any atom is -0.467 e. The van der Waals surface area contributed by atoms with Crippen molar-refractivity contribution in [2.24, 2.45) is 5.92 Å². The molecule has 6 heteroatoms. The highest BCUT2D eigenvalue weighted by Gasteiger charge is 2.23. The van der Waals surface area contributed by atoms with Gasteiger partial charge in [-0.15, -0.1) is 0 Å². The number of benzene rings is 1. The van der Waals surface area contributed by atoms with Crippen molar-refractivity contribution in [1.29, 1.82) is 0 Å². The Bertz CT molecular complexity index is 503. The van der Waals surface area contributed by atoms with E-state index < -0.39 is 12.0 Å². The zero-order valence-corrected chi connectivity index (χ0v) is 14.7. The molecule has 0 heterocycles. The van der Waals surface area contributed by atoms with Crippen molar-refractivity contribution in [1.82, 2.24) is 5.32 Å². The van der Waals surface area contributed by atoms with Crippen LogP contribution in [0.4, 0.5) is 0 Å². The molecular weight excluding hydrogens is 390 g/mol. The second-order valence-corrected chi connectivity index (χ2v) is 6.57. The number of rotatable bonds is 5. The molecule has 1 aromatic carbocycles. The average molecular weight is 407 g/mol. The minimum atomic E-state index is -0.636. The number of esters is 1. The Morgan fingerprint density at radius 1 is 1.30 bits per heavy atom. The average Bonchev–Trinajstić information content (AvgIpc) is 2.36. The number of carbonyl (C=O) groups excluding carboxylic acids is 2. The van der Waals surface area contributed by atoms with Crippen LogP contribution in [0.25, 0.3) is 0 Å². The van der Waals surface area contributed by atoms with Gasteiger partial charge in [0.1, 0.15) is 6.04 Å². The van der Waals surface area contributed by atoms with Crippen molar-refractivity contribution in [2.45, 2.75) is 26.3 Å². The van der Waals surface area contributed by atoms with Crippen LogP contribution in [0.1, 0.15) is 30.6 Å². The molecule has 20 heavy (non-hydrogen) atoms. The van der Waals surface area contributed by atoms with E-state index in [9.17, 15) is 9.59 Å². The summed E-state index contributed by atoms with van der Waals surface area (Å²) in [5, 5.41) is 2.72. The van der Waals surface area contributed by atoms with Crippen LogP contribution in [-0.2, 0) is 9.53 Å². The first-order chi connectivity index (χ1) is 9.35. The maximum absolute atomic E-state index is 12.2. The van der Waals surface area contributed by atoms with Crippen molar-refractivity contribution in [3.8, 4) is 0 Å². The molecule has 1 atom stereocenters. The van der Waals surface area contributed by atoms with Gasteiger partial charge in [0.2, 0.25) is 0 Å². The summed E-state index contributed by atoms with van der Waals surface area (Å²) in [6.45, 7) is 3.97. The van der Waals surface area contributed by atoms with E-state index in [-0.39, 0.29) is 11.8 Å². The van der Waals surface area contributed by atoms with Crippen LogP contribution in [0.15, 0.2) is 27.1 Å². The molecule has 0 fully saturated rings. The fourth-order valence-corrected chi connectivity index (χ4v) is 2.96. The van der Waals surface area contributed by atoms with Crippen molar-refractivity contribution >= 4 is 43.7 Å². The molecule has 1 N–H and O–H groups in total. The van der Waals surface area contributed by atoms with E-state index in [0.29, 0.717) is 16.5 Å². The fraction of sp³-hybridized carbons (Fsp3) is 0.429. The van der Waals surface area contributed by atoms with Crippen molar-refractivity contribution in [3.63, 3.8) is 0 Å². The van der Waals surface area contributed by atoms with Gasteiger partial charge in [-0.3, -0.25) is 4.79 Å². The molecule has 0 saturated heterocycles. The lowest BCUT2D eigenvalue weighted by Gasteiger charge is -2.18. The standard InChI is InChI=1S/C14H17Br2NO3/c1-8(2)6-12(14(19)20-3)17-13(18)10-5-4-9(15)7-11(10)16/h4-5,7-8,12H,6H2,1-3H3,(H,17,18). The van der Waals surface area contributed by atoms with Gasteiger partial charge in [-0.05, 0) is 46.5 Å². The van der Waals surface area contributed by atoms with Crippen LogP contribution in [0, 0.1) is 5.92 Å². The third-order valence-corrected chi connectivity index (χ3v) is 3.82. The van der Waals surface area contributed by atoms with Crippen LogP contribution in [0.5, 0.6) is 0 Å². The summed E-state index contributed by atoms with van der Waals surface area (Å²) in [6.07, 6.45) is 0.534. The highest BCUT2D eigenvalue weighted by Crippen LogP contribution is 2.22. The molecule has 0 aliphatic heterocycles. The van der Waals surface area contributed by atoms with Crippen LogP contribution in [-0.4, -0.2) is 25.0 Å². The normalized spacial score (nSPS) is 12.1. The summed E-state index contributed by atoms with van der Waals surface area (Å²) in [6, 6.07) is 4.61. The molecule has 0 saturated carbocycles. The molecule has 0 bridgehead atoms. The van der Waals surface area contributed by atoms with Gasteiger partial charge in [0.05, 0.1) is 12.7 Å². The van der Waals surface area contributed by atoms with Crippen molar-refractivity contribution < 1.29 is 14.3 Å². The second kappa shape index (κ2) is 7.78. The lowest BCUT2D eigenvalue weighted by atomic mass is 10.0.